The van der Waals surface area contributed by atoms with E-state index in [1.54, 1.807) is 0 Å². The third kappa shape index (κ3) is 15.1. The molecule has 87 heavy (non-hydrogen) atoms. The molecule has 470 valence electrons. The van der Waals surface area contributed by atoms with Crippen molar-refractivity contribution < 1.29 is 153 Å². The summed E-state index contributed by atoms with van der Waals surface area (Å²) in [6, 6.07) is 12.0. The first-order chi connectivity index (χ1) is 41.3. The fourth-order valence-electron chi connectivity index (χ4n) is 9.15. The number of hydrogen-bond donors (Lipinski definition) is 15. The van der Waals surface area contributed by atoms with Gasteiger partial charge in [-0.25, -0.2) is 9.59 Å². The van der Waals surface area contributed by atoms with Gasteiger partial charge in [-0.2, -0.15) is 0 Å². The molecule has 4 aliphatic heterocycles. The summed E-state index contributed by atoms with van der Waals surface area (Å²) in [4.78, 5) is 49.1. The van der Waals surface area contributed by atoms with Crippen molar-refractivity contribution in [3.63, 3.8) is 0 Å². The van der Waals surface area contributed by atoms with Crippen LogP contribution in [0.15, 0.2) is 78.6 Å². The molecule has 8 rings (SSSR count). The van der Waals surface area contributed by atoms with Gasteiger partial charge in [-0.05, 0) is 65.8 Å². The van der Waals surface area contributed by atoms with Gasteiger partial charge in [-0.3, -0.25) is 9.59 Å². The molecule has 0 bridgehead atoms. The van der Waals surface area contributed by atoms with Gasteiger partial charge < -0.3 is 133 Å². The summed E-state index contributed by atoms with van der Waals surface area (Å²) < 4.78 is 67.9. The van der Waals surface area contributed by atoms with Gasteiger partial charge in [0.05, 0.1) is 19.8 Å². The van der Waals surface area contributed by atoms with Crippen LogP contribution in [0.4, 0.5) is 0 Å². The Morgan fingerprint density at radius 2 is 1.02 bits per heavy atom. The van der Waals surface area contributed by atoms with Gasteiger partial charge in [-0.15, -0.1) is 0 Å². The molecule has 1 unspecified atom stereocenters. The Hall–Kier alpha value is -8.70. The Labute approximate surface area is 490 Å². The number of fused-ring (bicyclic) bond motifs is 1. The fraction of sp³-hybridized carbons (Fsp3) is 0.393. The highest BCUT2D eigenvalue weighted by atomic mass is 16.8. The van der Waals surface area contributed by atoms with E-state index in [1.807, 2.05) is 0 Å². The molecule has 0 aliphatic carbocycles. The number of aromatic hydroxyl groups is 6. The van der Waals surface area contributed by atoms with E-state index in [4.69, 9.17) is 61.9 Å². The molecule has 3 saturated heterocycles. The van der Waals surface area contributed by atoms with E-state index in [9.17, 15) is 90.7 Å². The number of carbonyl (C=O) groups is 4. The molecule has 0 aromatic heterocycles. The van der Waals surface area contributed by atoms with Crippen LogP contribution < -0.4 is 18.9 Å². The van der Waals surface area contributed by atoms with Crippen LogP contribution in [-0.2, 0) is 57.1 Å². The number of benzene rings is 4. The third-order valence-corrected chi connectivity index (χ3v) is 13.8. The van der Waals surface area contributed by atoms with E-state index in [0.29, 0.717) is 11.1 Å². The minimum atomic E-state index is -2.25. The largest absolute Gasteiger partial charge is 0.508 e. The Morgan fingerprint density at radius 1 is 0.529 bits per heavy atom. The van der Waals surface area contributed by atoms with Crippen LogP contribution in [0.25, 0.3) is 18.2 Å². The highest BCUT2D eigenvalue weighted by Crippen LogP contribution is 2.48. The number of carboxylic acids is 1. The summed E-state index contributed by atoms with van der Waals surface area (Å²) in [5.41, 5.74) is 0.265. The Balaban J connectivity index is 1.12. The smallest absolute Gasteiger partial charge is 0.330 e. The molecular weight excluding hydrogens is 1170 g/mol. The lowest BCUT2D eigenvalue weighted by atomic mass is 9.97. The number of aliphatic hydroxyl groups is 8. The lowest BCUT2D eigenvalue weighted by molar-refractivity contribution is -0.364. The molecule has 0 amide bonds. The zero-order valence-electron chi connectivity index (χ0n) is 45.5. The first-order valence-electron chi connectivity index (χ1n) is 26.0. The average molecular weight is 1230 g/mol. The van der Waals surface area contributed by atoms with E-state index in [2.05, 4.69) is 0 Å². The molecule has 31 heteroatoms. The quantitative estimate of drug-likeness (QED) is 0.0153. The number of phenols is 6. The molecule has 0 saturated carbocycles. The average Bonchev–Trinajstić information content (AvgIpc) is 2.49. The van der Waals surface area contributed by atoms with Gasteiger partial charge in [0.1, 0.15) is 116 Å². The van der Waals surface area contributed by atoms with Gasteiger partial charge in [0.2, 0.25) is 12.6 Å². The van der Waals surface area contributed by atoms with Crippen molar-refractivity contribution in [2.24, 2.45) is 0 Å². The number of aliphatic carboxylic acids is 1. The molecule has 4 aliphatic rings. The highest BCUT2D eigenvalue weighted by molar-refractivity contribution is 5.90. The number of ether oxygens (including phenoxy) is 12. The minimum absolute atomic E-state index is 0.0729. The number of methoxy groups -OCH3 is 2. The second-order valence-corrected chi connectivity index (χ2v) is 19.7. The standard InChI is InChI=1S/C56H60O31/c1-76-33-11-22(3-7-27(33)58)5-9-40(64)78-19-36-44(68)48(72)51(75)55(85-36)87-53-49(73)46(70)38(20-79-41(65)10-6-23-4-8-28(59)34(12-23)77-2)86-56(53)83-35-17-26-31(81-52(35)24-13-29(60)43(67)30(61)14-24)15-25(57)16-32(26)82-54-50(74)47(71)45(69)37(84-54)21-80-42(66)18-39(62)63/h3-17,36-38,44-61,67-75H,18-21H2,1-2H3,(H,62,63)/b9-5+,10-6+/t36-,37+,38+,44+,45+,46+,47+,48+,49+,50+,51-,52?,53-,54-,55+,56-/m1/s1. The Morgan fingerprint density at radius 3 is 1.55 bits per heavy atom. The second-order valence-electron chi connectivity index (χ2n) is 19.7. The molecule has 0 spiro atoms. The van der Waals surface area contributed by atoms with Crippen LogP contribution in [0.1, 0.15) is 34.8 Å². The molecular formula is C56H60O31. The summed E-state index contributed by atoms with van der Waals surface area (Å²) in [6.07, 6.45) is -27.7. The number of esters is 3. The van der Waals surface area contributed by atoms with Crippen LogP contribution in [0.3, 0.4) is 0 Å². The maximum atomic E-state index is 13.1. The third-order valence-electron chi connectivity index (χ3n) is 13.8. The Kier molecular flexibility index (Phi) is 20.5. The first kappa shape index (κ1) is 64.3. The maximum Gasteiger partial charge on any atom is 0.330 e. The SMILES string of the molecule is COc1cc(/C=C/C(=O)OC[C@@H]2O[C@@H](OC3=Cc4c(cc(O)cc4O[C@@H]4O[C@@H](COC(=O)CC(=O)O)[C@H](O)[C@H](O)[C@@H]4O)OC3c3cc(O)c(O)c(O)c3)[C@H](O[C@@H]3O[C@H](COC(=O)/C=C/c4ccc(O)c(OC)c4)[C@H](O)[C@H](O)[C@H]3O)[C@@H](O)[C@H]2O)ccc1O. The summed E-state index contributed by atoms with van der Waals surface area (Å²) in [6.45, 7) is -2.55. The molecule has 31 nitrogen and oxygen atoms in total. The minimum Gasteiger partial charge on any atom is -0.508 e. The normalized spacial score (nSPS) is 28.8. The zero-order valence-corrected chi connectivity index (χ0v) is 45.5. The highest BCUT2D eigenvalue weighted by Gasteiger charge is 2.53. The van der Waals surface area contributed by atoms with Crippen LogP contribution in [0, 0.1) is 0 Å². The number of hydrogen-bond acceptors (Lipinski definition) is 30. The van der Waals surface area contributed by atoms with Gasteiger partial charge in [0.15, 0.2) is 58.7 Å². The van der Waals surface area contributed by atoms with Crippen molar-refractivity contribution in [1.82, 2.24) is 0 Å². The number of rotatable bonds is 21. The van der Waals surface area contributed by atoms with E-state index < -0.39 is 183 Å². The summed E-state index contributed by atoms with van der Waals surface area (Å²) >= 11 is 0. The fourth-order valence-corrected chi connectivity index (χ4v) is 9.15. The monoisotopic (exact) mass is 1230 g/mol. The van der Waals surface area contributed by atoms with Gasteiger partial charge >= 0.3 is 23.9 Å². The van der Waals surface area contributed by atoms with E-state index in [1.165, 1.54) is 62.8 Å². The van der Waals surface area contributed by atoms with Crippen molar-refractivity contribution in [2.75, 3.05) is 34.0 Å². The van der Waals surface area contributed by atoms with E-state index in [0.717, 1.165) is 42.5 Å². The maximum absolute atomic E-state index is 13.1. The van der Waals surface area contributed by atoms with Crippen LogP contribution in [0.5, 0.6) is 57.5 Å². The van der Waals surface area contributed by atoms with E-state index in [-0.39, 0.29) is 39.9 Å². The number of phenolic OH excluding ortho intramolecular Hbond substituents is 6. The molecule has 3 fully saturated rings. The summed E-state index contributed by atoms with van der Waals surface area (Å²) in [5.74, 6) is -9.85. The predicted molar refractivity (Wildman–Crippen MR) is 284 cm³/mol. The van der Waals surface area contributed by atoms with Crippen molar-refractivity contribution in [1.29, 1.82) is 0 Å². The van der Waals surface area contributed by atoms with Crippen LogP contribution >= 0.6 is 0 Å². The molecule has 0 radical (unpaired) electrons. The van der Waals surface area contributed by atoms with Gasteiger partial charge in [0, 0.05) is 29.8 Å². The van der Waals surface area contributed by atoms with Crippen molar-refractivity contribution in [2.45, 2.75) is 105 Å². The van der Waals surface area contributed by atoms with Crippen molar-refractivity contribution in [3.8, 4) is 57.5 Å². The number of carbonyl (C=O) groups excluding carboxylic acids is 3. The molecule has 15 N–H and O–H groups in total. The number of aliphatic hydroxyl groups excluding tert-OH is 8. The number of carboxylic acid groups (broad SMARTS) is 1. The topological polar surface area (TPSA) is 482 Å². The lowest BCUT2D eigenvalue weighted by Crippen LogP contribution is -2.64. The molecule has 4 aromatic rings. The lowest BCUT2D eigenvalue weighted by Gasteiger charge is -2.46. The zero-order chi connectivity index (χ0) is 63.1. The van der Waals surface area contributed by atoms with Crippen LogP contribution in [0.2, 0.25) is 0 Å². The summed E-state index contributed by atoms with van der Waals surface area (Å²) in [7, 11) is 2.61. The summed E-state index contributed by atoms with van der Waals surface area (Å²) in [5, 5.41) is 161. The molecule has 4 heterocycles. The molecule has 4 aromatic carbocycles. The first-order valence-corrected chi connectivity index (χ1v) is 26.0. The van der Waals surface area contributed by atoms with Crippen LogP contribution in [-0.4, -0.2) is 227 Å². The Bertz CT molecular complexity index is 3210. The van der Waals surface area contributed by atoms with Gasteiger partial charge in [-0.1, -0.05) is 12.1 Å². The second kappa shape index (κ2) is 27.8. The van der Waals surface area contributed by atoms with Crippen molar-refractivity contribution >= 4 is 42.1 Å². The van der Waals surface area contributed by atoms with E-state index >= 15 is 0 Å². The predicted octanol–water partition coefficient (Wildman–Crippen LogP) is -1.21. The van der Waals surface area contributed by atoms with Crippen molar-refractivity contribution in [3.05, 3.63) is 101 Å². The molecule has 16 atom stereocenters. The van der Waals surface area contributed by atoms with Gasteiger partial charge in [0.25, 0.3) is 0 Å².